The Hall–Kier alpha value is -0.770. The third kappa shape index (κ3) is 3.41. The summed E-state index contributed by atoms with van der Waals surface area (Å²) in [4.78, 5) is 0. The average molecular weight is 333 g/mol. The van der Waals surface area contributed by atoms with Crippen molar-refractivity contribution in [3.8, 4) is 0 Å². The van der Waals surface area contributed by atoms with E-state index in [2.05, 4.69) is 15.9 Å². The summed E-state index contributed by atoms with van der Waals surface area (Å²) in [5.74, 6) is -0.817. The number of rotatable bonds is 3. The summed E-state index contributed by atoms with van der Waals surface area (Å²) in [6.07, 6.45) is 4.09. The van der Waals surface area contributed by atoms with E-state index < -0.39 is 11.6 Å². The lowest BCUT2D eigenvalue weighted by Gasteiger charge is -2.27. The molecule has 1 aromatic rings. The summed E-state index contributed by atoms with van der Waals surface area (Å²) in [5.41, 5.74) is 0.585. The second-order valence-corrected chi connectivity index (χ2v) is 5.72. The van der Waals surface area contributed by atoms with Gasteiger partial charge in [-0.05, 0) is 55.2 Å². The van der Waals surface area contributed by atoms with E-state index in [1.54, 1.807) is 6.07 Å². The first-order valence-electron chi connectivity index (χ1n) is 6.47. The van der Waals surface area contributed by atoms with Crippen molar-refractivity contribution in [3.05, 3.63) is 41.5 Å². The fourth-order valence-corrected chi connectivity index (χ4v) is 3.34. The lowest BCUT2D eigenvalue weighted by molar-refractivity contribution is 0.353. The van der Waals surface area contributed by atoms with Crippen molar-refractivity contribution in [1.29, 1.82) is 0 Å². The molecule has 104 valence electrons. The molecule has 0 nitrogen and oxygen atoms in total. The summed E-state index contributed by atoms with van der Waals surface area (Å²) in [6, 6.07) is 4.38. The molecule has 2 rings (SSSR count). The summed E-state index contributed by atoms with van der Waals surface area (Å²) in [6.45, 7) is 0. The Morgan fingerprint density at radius 1 is 1.26 bits per heavy atom. The number of hydrogen-bond donors (Lipinski definition) is 0. The molecule has 1 aromatic carbocycles. The third-order valence-electron chi connectivity index (χ3n) is 3.88. The van der Waals surface area contributed by atoms with Crippen LogP contribution in [0.15, 0.2) is 24.5 Å². The largest absolute Gasteiger partial charge is 0.212 e. The first-order chi connectivity index (χ1) is 9.15. The Morgan fingerprint density at radius 3 is 2.47 bits per heavy atom. The lowest BCUT2D eigenvalue weighted by atomic mass is 9.79. The summed E-state index contributed by atoms with van der Waals surface area (Å²) < 4.78 is 38.8. The van der Waals surface area contributed by atoms with Crippen LogP contribution >= 0.6 is 15.9 Å². The minimum absolute atomic E-state index is 0.209. The first-order valence-corrected chi connectivity index (χ1v) is 7.59. The highest BCUT2D eigenvalue weighted by Crippen LogP contribution is 2.37. The van der Waals surface area contributed by atoms with Crippen LogP contribution in [0.5, 0.6) is 0 Å². The smallest absolute Gasteiger partial charge is 0.161 e. The van der Waals surface area contributed by atoms with Gasteiger partial charge in [0.15, 0.2) is 5.83 Å². The summed E-state index contributed by atoms with van der Waals surface area (Å²) in [5, 5.41) is 1.01. The maximum Gasteiger partial charge on any atom is 0.161 e. The topological polar surface area (TPSA) is 0 Å². The number of alkyl halides is 1. The van der Waals surface area contributed by atoms with Crippen molar-refractivity contribution < 1.29 is 13.2 Å². The lowest BCUT2D eigenvalue weighted by Crippen LogP contribution is -2.14. The van der Waals surface area contributed by atoms with E-state index in [0.717, 1.165) is 36.6 Å². The second-order valence-electron chi connectivity index (χ2n) is 5.07. The molecule has 0 N–H and O–H groups in total. The highest BCUT2D eigenvalue weighted by atomic mass is 79.9. The van der Waals surface area contributed by atoms with Gasteiger partial charge in [0.25, 0.3) is 0 Å². The predicted molar refractivity (Wildman–Crippen MR) is 75.1 cm³/mol. The SMILES string of the molecule is F/C=C(\F)c1ccc(C2CCC(CBr)CC2)cc1F. The summed E-state index contributed by atoms with van der Waals surface area (Å²) in [7, 11) is 0. The van der Waals surface area contributed by atoms with Crippen molar-refractivity contribution in [2.24, 2.45) is 5.92 Å². The normalized spacial score (nSPS) is 24.5. The zero-order valence-corrected chi connectivity index (χ0v) is 12.1. The Labute approximate surface area is 119 Å². The Balaban J connectivity index is 2.12. The molecule has 0 aliphatic heterocycles. The number of benzene rings is 1. The Kier molecular flexibility index (Phi) is 5.08. The Morgan fingerprint density at radius 2 is 1.95 bits per heavy atom. The van der Waals surface area contributed by atoms with Crippen LogP contribution in [0.25, 0.3) is 5.83 Å². The quantitative estimate of drug-likeness (QED) is 0.620. The molecular formula is C15H16BrF3. The zero-order valence-electron chi connectivity index (χ0n) is 10.5. The van der Waals surface area contributed by atoms with Crippen molar-refractivity contribution in [2.75, 3.05) is 5.33 Å². The molecule has 0 atom stereocenters. The molecular weight excluding hydrogens is 317 g/mol. The van der Waals surface area contributed by atoms with Gasteiger partial charge in [-0.2, -0.15) is 0 Å². The van der Waals surface area contributed by atoms with E-state index >= 15 is 0 Å². The van der Waals surface area contributed by atoms with Gasteiger partial charge in [-0.15, -0.1) is 0 Å². The molecule has 1 fully saturated rings. The first kappa shape index (κ1) is 14.6. The van der Waals surface area contributed by atoms with Crippen molar-refractivity contribution in [2.45, 2.75) is 31.6 Å². The van der Waals surface area contributed by atoms with Crippen molar-refractivity contribution in [3.63, 3.8) is 0 Å². The van der Waals surface area contributed by atoms with Crippen molar-refractivity contribution >= 4 is 21.8 Å². The van der Waals surface area contributed by atoms with Crippen LogP contribution in [-0.2, 0) is 0 Å². The summed E-state index contributed by atoms with van der Waals surface area (Å²) >= 11 is 3.49. The van der Waals surface area contributed by atoms with Crippen LogP contribution in [0.2, 0.25) is 0 Å². The second kappa shape index (κ2) is 6.60. The molecule has 0 bridgehead atoms. The molecule has 0 unspecified atom stereocenters. The maximum absolute atomic E-state index is 13.7. The highest BCUT2D eigenvalue weighted by Gasteiger charge is 2.22. The minimum atomic E-state index is -1.16. The van der Waals surface area contributed by atoms with Crippen LogP contribution < -0.4 is 0 Å². The van der Waals surface area contributed by atoms with Crippen LogP contribution in [0.4, 0.5) is 13.2 Å². The standard InChI is InChI=1S/C15H16BrF3/c16-8-10-1-3-11(4-2-10)12-5-6-13(14(18)7-12)15(19)9-17/h5-7,9-11H,1-4,8H2/b15-9-. The van der Waals surface area contributed by atoms with Gasteiger partial charge in [0.1, 0.15) is 12.1 Å². The van der Waals surface area contributed by atoms with E-state index in [1.807, 2.05) is 0 Å². The van der Waals surface area contributed by atoms with E-state index in [1.165, 1.54) is 12.1 Å². The molecule has 0 radical (unpaired) electrons. The van der Waals surface area contributed by atoms with E-state index in [4.69, 9.17) is 0 Å². The van der Waals surface area contributed by atoms with Gasteiger partial charge in [-0.1, -0.05) is 22.0 Å². The van der Waals surface area contributed by atoms with E-state index in [0.29, 0.717) is 11.8 Å². The zero-order chi connectivity index (χ0) is 13.8. The third-order valence-corrected chi connectivity index (χ3v) is 4.80. The molecule has 0 spiro atoms. The van der Waals surface area contributed by atoms with Gasteiger partial charge in [0, 0.05) is 10.9 Å². The van der Waals surface area contributed by atoms with Gasteiger partial charge in [-0.25, -0.2) is 13.2 Å². The fraction of sp³-hybridized carbons (Fsp3) is 0.467. The van der Waals surface area contributed by atoms with Gasteiger partial charge >= 0.3 is 0 Å². The average Bonchev–Trinajstić information content (AvgIpc) is 2.46. The molecule has 1 aliphatic rings. The molecule has 0 heterocycles. The molecule has 1 saturated carbocycles. The van der Waals surface area contributed by atoms with Gasteiger partial charge in [0.2, 0.25) is 0 Å². The van der Waals surface area contributed by atoms with Crippen molar-refractivity contribution in [1.82, 2.24) is 0 Å². The molecule has 0 amide bonds. The fourth-order valence-electron chi connectivity index (χ4n) is 2.69. The predicted octanol–water partition coefficient (Wildman–Crippen LogP) is 5.73. The Bertz CT molecular complexity index is 462. The molecule has 0 aromatic heterocycles. The van der Waals surface area contributed by atoms with Gasteiger partial charge < -0.3 is 0 Å². The molecule has 19 heavy (non-hydrogen) atoms. The van der Waals surface area contributed by atoms with Crippen LogP contribution in [0, 0.1) is 11.7 Å². The van der Waals surface area contributed by atoms with Gasteiger partial charge in [-0.3, -0.25) is 0 Å². The monoisotopic (exact) mass is 332 g/mol. The minimum Gasteiger partial charge on any atom is -0.212 e. The van der Waals surface area contributed by atoms with E-state index in [9.17, 15) is 13.2 Å². The van der Waals surface area contributed by atoms with Crippen LogP contribution in [0.1, 0.15) is 42.7 Å². The number of hydrogen-bond acceptors (Lipinski definition) is 0. The maximum atomic E-state index is 13.7. The molecule has 1 aliphatic carbocycles. The molecule has 4 heteroatoms. The van der Waals surface area contributed by atoms with Gasteiger partial charge in [0.05, 0.1) is 0 Å². The van der Waals surface area contributed by atoms with Crippen LogP contribution in [0.3, 0.4) is 0 Å². The molecule has 0 saturated heterocycles. The van der Waals surface area contributed by atoms with E-state index in [-0.39, 0.29) is 11.9 Å². The number of halogens is 4. The highest BCUT2D eigenvalue weighted by molar-refractivity contribution is 9.09. The van der Waals surface area contributed by atoms with Crippen LogP contribution in [-0.4, -0.2) is 5.33 Å².